The SMILES string of the molecule is CC(CNc1ccccc1)N1CCN(CCN(C)C)CC1. The van der Waals surface area contributed by atoms with Crippen molar-refractivity contribution in [1.82, 2.24) is 14.7 Å². The van der Waals surface area contributed by atoms with Crippen LogP contribution in [0.3, 0.4) is 0 Å². The summed E-state index contributed by atoms with van der Waals surface area (Å²) >= 11 is 0. The Kier molecular flexibility index (Phi) is 6.49. The highest BCUT2D eigenvalue weighted by molar-refractivity contribution is 5.42. The summed E-state index contributed by atoms with van der Waals surface area (Å²) in [5.41, 5.74) is 1.22. The van der Waals surface area contributed by atoms with Crippen LogP contribution in [0.2, 0.25) is 0 Å². The second kappa shape index (κ2) is 8.37. The monoisotopic (exact) mass is 290 g/mol. The summed E-state index contributed by atoms with van der Waals surface area (Å²) in [6.07, 6.45) is 0. The number of benzene rings is 1. The van der Waals surface area contributed by atoms with Crippen LogP contribution in [0.4, 0.5) is 5.69 Å². The summed E-state index contributed by atoms with van der Waals surface area (Å²) in [5.74, 6) is 0. The Morgan fingerprint density at radius 1 is 1.10 bits per heavy atom. The highest BCUT2D eigenvalue weighted by Gasteiger charge is 2.20. The van der Waals surface area contributed by atoms with Crippen LogP contribution in [-0.2, 0) is 0 Å². The van der Waals surface area contributed by atoms with Crippen LogP contribution in [0.5, 0.6) is 0 Å². The average molecular weight is 290 g/mol. The van der Waals surface area contributed by atoms with E-state index in [9.17, 15) is 0 Å². The number of likely N-dealkylation sites (N-methyl/N-ethyl adjacent to an activating group) is 1. The highest BCUT2D eigenvalue weighted by Crippen LogP contribution is 2.09. The zero-order chi connectivity index (χ0) is 15.1. The molecular formula is C17H30N4. The van der Waals surface area contributed by atoms with Gasteiger partial charge in [-0.05, 0) is 33.2 Å². The third-order valence-corrected chi connectivity index (χ3v) is 4.27. The van der Waals surface area contributed by atoms with E-state index in [1.54, 1.807) is 0 Å². The maximum atomic E-state index is 3.53. The van der Waals surface area contributed by atoms with Crippen LogP contribution in [0.1, 0.15) is 6.92 Å². The minimum absolute atomic E-state index is 0.584. The molecule has 1 aliphatic rings. The molecule has 4 nitrogen and oxygen atoms in total. The lowest BCUT2D eigenvalue weighted by atomic mass is 10.2. The second-order valence-corrected chi connectivity index (χ2v) is 6.28. The van der Waals surface area contributed by atoms with Gasteiger partial charge in [-0.3, -0.25) is 9.80 Å². The van der Waals surface area contributed by atoms with Gasteiger partial charge in [0.15, 0.2) is 0 Å². The predicted octanol–water partition coefficient (Wildman–Crippen LogP) is 1.67. The van der Waals surface area contributed by atoms with Crippen LogP contribution in [0, 0.1) is 0 Å². The van der Waals surface area contributed by atoms with Gasteiger partial charge in [-0.2, -0.15) is 0 Å². The first-order chi connectivity index (χ1) is 10.1. The third kappa shape index (κ3) is 5.65. The molecule has 1 fully saturated rings. The van der Waals surface area contributed by atoms with E-state index in [0.29, 0.717) is 6.04 Å². The Labute approximate surface area is 129 Å². The first-order valence-electron chi connectivity index (χ1n) is 8.05. The van der Waals surface area contributed by atoms with Gasteiger partial charge >= 0.3 is 0 Å². The lowest BCUT2D eigenvalue weighted by molar-refractivity contribution is 0.101. The molecule has 0 aliphatic carbocycles. The van der Waals surface area contributed by atoms with Gasteiger partial charge in [0.2, 0.25) is 0 Å². The van der Waals surface area contributed by atoms with Crippen molar-refractivity contribution >= 4 is 5.69 Å². The van der Waals surface area contributed by atoms with Crippen molar-refractivity contribution in [2.75, 3.05) is 65.2 Å². The van der Waals surface area contributed by atoms with Crippen molar-refractivity contribution in [2.45, 2.75) is 13.0 Å². The third-order valence-electron chi connectivity index (χ3n) is 4.27. The lowest BCUT2D eigenvalue weighted by Crippen LogP contribution is -2.52. The second-order valence-electron chi connectivity index (χ2n) is 6.28. The van der Waals surface area contributed by atoms with Gasteiger partial charge in [-0.15, -0.1) is 0 Å². The predicted molar refractivity (Wildman–Crippen MR) is 91.0 cm³/mol. The van der Waals surface area contributed by atoms with Gasteiger partial charge in [-0.1, -0.05) is 18.2 Å². The van der Waals surface area contributed by atoms with Crippen molar-refractivity contribution in [3.63, 3.8) is 0 Å². The molecule has 0 saturated carbocycles. The van der Waals surface area contributed by atoms with Crippen molar-refractivity contribution in [3.05, 3.63) is 30.3 Å². The number of rotatable bonds is 7. The smallest absolute Gasteiger partial charge is 0.0340 e. The molecule has 118 valence electrons. The molecule has 0 bridgehead atoms. The lowest BCUT2D eigenvalue weighted by Gasteiger charge is -2.38. The quantitative estimate of drug-likeness (QED) is 0.824. The van der Waals surface area contributed by atoms with E-state index >= 15 is 0 Å². The fraction of sp³-hybridized carbons (Fsp3) is 0.647. The molecule has 1 aromatic carbocycles. The van der Waals surface area contributed by atoms with Crippen LogP contribution in [0.25, 0.3) is 0 Å². The number of anilines is 1. The van der Waals surface area contributed by atoms with Gasteiger partial charge in [0.05, 0.1) is 0 Å². The summed E-state index contributed by atoms with van der Waals surface area (Å²) in [7, 11) is 4.29. The molecule has 0 spiro atoms. The molecule has 1 saturated heterocycles. The summed E-state index contributed by atoms with van der Waals surface area (Å²) in [6, 6.07) is 11.1. The standard InChI is InChI=1S/C17H30N4/c1-16(15-18-17-7-5-4-6-8-17)21-13-11-20(12-14-21)10-9-19(2)3/h4-8,16,18H,9-15H2,1-3H3. The van der Waals surface area contributed by atoms with Gasteiger partial charge in [0, 0.05) is 57.5 Å². The maximum absolute atomic E-state index is 3.53. The molecule has 1 unspecified atom stereocenters. The van der Waals surface area contributed by atoms with Gasteiger partial charge < -0.3 is 10.2 Å². The van der Waals surface area contributed by atoms with Gasteiger partial charge in [-0.25, -0.2) is 0 Å². The van der Waals surface area contributed by atoms with Crippen LogP contribution in [-0.4, -0.2) is 80.7 Å². The van der Waals surface area contributed by atoms with Crippen molar-refractivity contribution < 1.29 is 0 Å². The van der Waals surface area contributed by atoms with Crippen LogP contribution >= 0.6 is 0 Å². The Hall–Kier alpha value is -1.10. The zero-order valence-corrected chi connectivity index (χ0v) is 13.8. The van der Waals surface area contributed by atoms with Crippen LogP contribution < -0.4 is 5.32 Å². The summed E-state index contributed by atoms with van der Waals surface area (Å²) in [4.78, 5) is 7.44. The van der Waals surface area contributed by atoms with Crippen molar-refractivity contribution in [1.29, 1.82) is 0 Å². The highest BCUT2D eigenvalue weighted by atomic mass is 15.3. The normalized spacial score (nSPS) is 18.9. The van der Waals surface area contributed by atoms with E-state index in [1.807, 2.05) is 0 Å². The molecule has 1 heterocycles. The van der Waals surface area contributed by atoms with E-state index in [2.05, 4.69) is 71.4 Å². The molecule has 1 aromatic rings. The maximum Gasteiger partial charge on any atom is 0.0340 e. The van der Waals surface area contributed by atoms with Crippen molar-refractivity contribution in [2.24, 2.45) is 0 Å². The number of nitrogens with one attached hydrogen (secondary N) is 1. The molecule has 0 radical (unpaired) electrons. The molecule has 4 heteroatoms. The zero-order valence-electron chi connectivity index (χ0n) is 13.8. The largest absolute Gasteiger partial charge is 0.383 e. The van der Waals surface area contributed by atoms with E-state index < -0.39 is 0 Å². The van der Waals surface area contributed by atoms with Crippen LogP contribution in [0.15, 0.2) is 30.3 Å². The molecule has 0 aromatic heterocycles. The minimum Gasteiger partial charge on any atom is -0.383 e. The Morgan fingerprint density at radius 2 is 1.76 bits per heavy atom. The summed E-state index contributed by atoms with van der Waals surface area (Å²) < 4.78 is 0. The first-order valence-corrected chi connectivity index (χ1v) is 8.05. The molecular weight excluding hydrogens is 260 g/mol. The molecule has 2 rings (SSSR count). The molecule has 1 atom stereocenters. The minimum atomic E-state index is 0.584. The topological polar surface area (TPSA) is 21.8 Å². The molecule has 1 N–H and O–H groups in total. The fourth-order valence-corrected chi connectivity index (χ4v) is 2.72. The fourth-order valence-electron chi connectivity index (χ4n) is 2.72. The van der Waals surface area contributed by atoms with E-state index in [0.717, 1.165) is 13.1 Å². The van der Waals surface area contributed by atoms with Crippen molar-refractivity contribution in [3.8, 4) is 0 Å². The first kappa shape index (κ1) is 16.3. The number of piperazine rings is 1. The number of para-hydroxylation sites is 1. The van der Waals surface area contributed by atoms with Gasteiger partial charge in [0.25, 0.3) is 0 Å². The number of hydrogen-bond acceptors (Lipinski definition) is 4. The molecule has 1 aliphatic heterocycles. The Balaban J connectivity index is 1.67. The summed E-state index contributed by atoms with van der Waals surface area (Å²) in [6.45, 7) is 10.5. The molecule has 0 amide bonds. The summed E-state index contributed by atoms with van der Waals surface area (Å²) in [5, 5.41) is 3.53. The van der Waals surface area contributed by atoms with Gasteiger partial charge in [0.1, 0.15) is 0 Å². The van der Waals surface area contributed by atoms with E-state index in [4.69, 9.17) is 0 Å². The average Bonchev–Trinajstić information content (AvgIpc) is 2.52. The number of nitrogens with zero attached hydrogens (tertiary/aromatic N) is 3. The van der Waals surface area contributed by atoms with E-state index in [-0.39, 0.29) is 0 Å². The Morgan fingerprint density at radius 3 is 2.38 bits per heavy atom. The number of hydrogen-bond donors (Lipinski definition) is 1. The van der Waals surface area contributed by atoms with E-state index in [1.165, 1.54) is 38.4 Å². The molecule has 21 heavy (non-hydrogen) atoms. The Bertz CT molecular complexity index is 385.